The van der Waals surface area contributed by atoms with E-state index >= 15 is 0 Å². The van der Waals surface area contributed by atoms with Gasteiger partial charge in [0.1, 0.15) is 6.33 Å². The molecule has 0 amide bonds. The van der Waals surface area contributed by atoms with Crippen molar-refractivity contribution in [1.82, 2.24) is 34.5 Å². The van der Waals surface area contributed by atoms with Crippen LogP contribution >= 0.6 is 0 Å². The summed E-state index contributed by atoms with van der Waals surface area (Å²) in [5.74, 6) is -2.37. The molecule has 37 heavy (non-hydrogen) atoms. The molecule has 2 saturated heterocycles. The second-order valence-electron chi connectivity index (χ2n) is 9.03. The van der Waals surface area contributed by atoms with Crippen LogP contribution in [0.2, 0.25) is 0 Å². The third kappa shape index (κ3) is 4.30. The summed E-state index contributed by atoms with van der Waals surface area (Å²) in [6, 6.07) is 3.87. The lowest BCUT2D eigenvalue weighted by Gasteiger charge is -2.43. The van der Waals surface area contributed by atoms with E-state index in [1.165, 1.54) is 35.4 Å². The van der Waals surface area contributed by atoms with Crippen LogP contribution in [0.3, 0.4) is 0 Å². The van der Waals surface area contributed by atoms with Crippen molar-refractivity contribution in [3.63, 3.8) is 0 Å². The molecule has 1 aromatic carbocycles. The van der Waals surface area contributed by atoms with E-state index in [0.717, 1.165) is 0 Å². The number of nitrogen functional groups attached to an aromatic ring is 1. The summed E-state index contributed by atoms with van der Waals surface area (Å²) >= 11 is 0. The zero-order valence-corrected chi connectivity index (χ0v) is 20.3. The second-order valence-corrected chi connectivity index (χ2v) is 10.8. The molecule has 3 fully saturated rings. The van der Waals surface area contributed by atoms with Crippen LogP contribution in [0.1, 0.15) is 18.4 Å². The van der Waals surface area contributed by atoms with Gasteiger partial charge in [0.15, 0.2) is 11.5 Å². The lowest BCUT2D eigenvalue weighted by molar-refractivity contribution is -0.237. The summed E-state index contributed by atoms with van der Waals surface area (Å²) in [5.41, 5.74) is 5.95. The van der Waals surface area contributed by atoms with E-state index in [9.17, 15) is 26.4 Å². The maximum Gasteiger partial charge on any atom is 0.492 e. The lowest BCUT2D eigenvalue weighted by Crippen LogP contribution is -2.58. The molecule has 0 unspecified atom stereocenters. The van der Waals surface area contributed by atoms with Crippen LogP contribution in [0.25, 0.3) is 22.8 Å². The molecule has 2 aromatic heterocycles. The van der Waals surface area contributed by atoms with Gasteiger partial charge in [0, 0.05) is 25.2 Å². The maximum atomic E-state index is 13.6. The van der Waals surface area contributed by atoms with Gasteiger partial charge in [0.05, 0.1) is 22.3 Å². The van der Waals surface area contributed by atoms with Crippen molar-refractivity contribution in [2.45, 2.75) is 42.4 Å². The standard InChI is InChI=1S/C21H21F3N8O4S/c1-11-3-4-13(5-14(11)15-8-26-17(25)16(29-15)18-28-10-31(2)30-18)37(34,35)32(36-19(33)21(22,23)24)20-6-12(7-20)27-9-20/h3-5,8,10,12,27H,6-7,9H2,1-2H3,(H2,25,26). The molecule has 196 valence electrons. The van der Waals surface area contributed by atoms with E-state index < -0.39 is 27.7 Å². The van der Waals surface area contributed by atoms with Crippen LogP contribution in [-0.4, -0.2) is 67.9 Å². The summed E-state index contributed by atoms with van der Waals surface area (Å²) in [6.45, 7) is 1.74. The topological polar surface area (TPSA) is 158 Å². The summed E-state index contributed by atoms with van der Waals surface area (Å²) in [6.07, 6.45) is -2.19. The SMILES string of the molecule is Cc1ccc(S(=O)(=O)N(OC(=O)C(F)(F)F)C23CNC(C2)C3)cc1-c1cnc(N)c(-c2ncn(C)n2)n1. The van der Waals surface area contributed by atoms with Crippen molar-refractivity contribution in [2.75, 3.05) is 12.3 Å². The summed E-state index contributed by atoms with van der Waals surface area (Å²) in [5, 5.41) is 7.16. The number of aromatic nitrogens is 5. The molecule has 3 N–H and O–H groups in total. The van der Waals surface area contributed by atoms with Crippen molar-refractivity contribution in [3.8, 4) is 22.8 Å². The number of hydrogen-bond acceptors (Lipinski definition) is 10. The van der Waals surface area contributed by atoms with Gasteiger partial charge in [-0.05, 0) is 41.9 Å². The second kappa shape index (κ2) is 8.46. The Morgan fingerprint density at radius 2 is 2.03 bits per heavy atom. The minimum Gasteiger partial charge on any atom is -0.382 e. The third-order valence-corrected chi connectivity index (χ3v) is 8.12. The summed E-state index contributed by atoms with van der Waals surface area (Å²) < 4.78 is 68.0. The molecule has 0 radical (unpaired) electrons. The first-order valence-electron chi connectivity index (χ1n) is 11.0. The van der Waals surface area contributed by atoms with Gasteiger partial charge in [0.2, 0.25) is 5.82 Å². The van der Waals surface area contributed by atoms with E-state index in [1.54, 1.807) is 14.0 Å². The smallest absolute Gasteiger partial charge is 0.382 e. The van der Waals surface area contributed by atoms with E-state index in [0.29, 0.717) is 11.1 Å². The Balaban J connectivity index is 1.57. The van der Waals surface area contributed by atoms with Gasteiger partial charge in [0.25, 0.3) is 10.0 Å². The van der Waals surface area contributed by atoms with Gasteiger partial charge in [-0.3, -0.25) is 4.68 Å². The van der Waals surface area contributed by atoms with Crippen LogP contribution in [0.4, 0.5) is 19.0 Å². The number of benzene rings is 1. The molecule has 3 aromatic rings. The Hall–Kier alpha value is -3.63. The average Bonchev–Trinajstić information content (AvgIpc) is 3.53. The molecular weight excluding hydrogens is 517 g/mol. The highest BCUT2D eigenvalue weighted by Crippen LogP contribution is 2.46. The van der Waals surface area contributed by atoms with E-state index in [-0.39, 0.29) is 57.8 Å². The van der Waals surface area contributed by atoms with Crippen molar-refractivity contribution in [2.24, 2.45) is 7.05 Å². The Bertz CT molecular complexity index is 1500. The Labute approximate surface area is 208 Å². The highest BCUT2D eigenvalue weighted by atomic mass is 32.2. The highest BCUT2D eigenvalue weighted by Gasteiger charge is 2.61. The number of nitrogens with zero attached hydrogens (tertiary/aromatic N) is 6. The van der Waals surface area contributed by atoms with Crippen molar-refractivity contribution < 1.29 is 31.2 Å². The van der Waals surface area contributed by atoms with Crippen LogP contribution in [0.15, 0.2) is 35.6 Å². The fourth-order valence-electron chi connectivity index (χ4n) is 4.50. The molecule has 6 rings (SSSR count). The number of nitrogens with one attached hydrogen (secondary N) is 1. The molecule has 2 bridgehead atoms. The van der Waals surface area contributed by atoms with E-state index in [4.69, 9.17) is 5.73 Å². The first-order chi connectivity index (χ1) is 17.3. The predicted octanol–water partition coefficient (Wildman–Crippen LogP) is 1.35. The van der Waals surface area contributed by atoms with Gasteiger partial charge in [-0.2, -0.15) is 13.2 Å². The molecule has 0 spiro atoms. The quantitative estimate of drug-likeness (QED) is 0.439. The number of anilines is 1. The molecule has 1 saturated carbocycles. The van der Waals surface area contributed by atoms with Crippen LogP contribution in [-0.2, 0) is 26.7 Å². The summed E-state index contributed by atoms with van der Waals surface area (Å²) in [7, 11) is -3.07. The van der Waals surface area contributed by atoms with Gasteiger partial charge in [-0.1, -0.05) is 6.07 Å². The van der Waals surface area contributed by atoms with Crippen molar-refractivity contribution >= 4 is 21.8 Å². The van der Waals surface area contributed by atoms with Gasteiger partial charge in [-0.15, -0.1) is 5.10 Å². The van der Waals surface area contributed by atoms with Crippen molar-refractivity contribution in [3.05, 3.63) is 36.3 Å². The monoisotopic (exact) mass is 538 g/mol. The predicted molar refractivity (Wildman–Crippen MR) is 122 cm³/mol. The minimum absolute atomic E-state index is 0.0463. The minimum atomic E-state index is -5.38. The molecule has 12 nitrogen and oxygen atoms in total. The number of sulfonamides is 1. The van der Waals surface area contributed by atoms with Crippen LogP contribution < -0.4 is 11.1 Å². The molecule has 2 aliphatic heterocycles. The highest BCUT2D eigenvalue weighted by molar-refractivity contribution is 7.89. The average molecular weight is 539 g/mol. The number of halogens is 3. The number of alkyl halides is 3. The van der Waals surface area contributed by atoms with E-state index in [1.807, 2.05) is 0 Å². The van der Waals surface area contributed by atoms with Gasteiger partial charge in [-0.25, -0.2) is 28.2 Å². The molecule has 16 heteroatoms. The number of carbonyl (C=O) groups is 1. The maximum absolute atomic E-state index is 13.6. The molecule has 0 atom stereocenters. The first-order valence-corrected chi connectivity index (χ1v) is 12.4. The fraction of sp³-hybridized carbons (Fsp3) is 0.381. The van der Waals surface area contributed by atoms with Crippen LogP contribution in [0.5, 0.6) is 0 Å². The molecule has 1 aliphatic carbocycles. The third-order valence-electron chi connectivity index (χ3n) is 6.37. The van der Waals surface area contributed by atoms with Gasteiger partial charge < -0.3 is 15.9 Å². The largest absolute Gasteiger partial charge is 0.492 e. The Morgan fingerprint density at radius 3 is 2.62 bits per heavy atom. The number of hydrogen-bond donors (Lipinski definition) is 2. The summed E-state index contributed by atoms with van der Waals surface area (Å²) in [4.78, 5) is 28.5. The Morgan fingerprint density at radius 1 is 1.30 bits per heavy atom. The zero-order valence-electron chi connectivity index (χ0n) is 19.5. The van der Waals surface area contributed by atoms with Gasteiger partial charge >= 0.3 is 12.1 Å². The van der Waals surface area contributed by atoms with E-state index in [2.05, 4.69) is 30.2 Å². The number of carbonyl (C=O) groups excluding carboxylic acids is 1. The fourth-order valence-corrected chi connectivity index (χ4v) is 6.08. The number of hydroxylamine groups is 1. The number of nitrogens with two attached hydrogens (primary N) is 1. The number of rotatable bonds is 6. The lowest BCUT2D eigenvalue weighted by atomic mass is 9.79. The molecule has 4 heterocycles. The van der Waals surface area contributed by atoms with Crippen LogP contribution in [0, 0.1) is 6.92 Å². The first kappa shape index (κ1) is 25.0. The number of aryl methyl sites for hydroxylation is 2. The normalized spacial score (nSPS) is 21.2. The van der Waals surface area contributed by atoms with Crippen molar-refractivity contribution in [1.29, 1.82) is 0 Å². The molecular formula is C21H21F3N8O4S. The Kier molecular flexibility index (Phi) is 5.72. The molecule has 3 aliphatic rings. The number of fused-ring (bicyclic) bond motifs is 1. The zero-order chi connectivity index (χ0) is 26.8.